The van der Waals surface area contributed by atoms with Crippen LogP contribution in [-0.2, 0) is 17.9 Å². The fourth-order valence-corrected chi connectivity index (χ4v) is 2.65. The number of halogens is 2. The molecule has 0 spiro atoms. The first-order valence-electron chi connectivity index (χ1n) is 8.06. The van der Waals surface area contributed by atoms with Crippen LogP contribution in [0.3, 0.4) is 0 Å². The Bertz CT molecular complexity index is 892. The molecule has 0 atom stereocenters. The molecule has 130 valence electrons. The molecule has 0 amide bonds. The van der Waals surface area contributed by atoms with Crippen molar-refractivity contribution in [1.29, 1.82) is 0 Å². The summed E-state index contributed by atoms with van der Waals surface area (Å²) in [4.78, 5) is 5.97. The van der Waals surface area contributed by atoms with Crippen LogP contribution in [-0.4, -0.2) is 17.7 Å². The SMILES string of the molecule is [B]C1=C(OCc2ccc(F)cc2F)C=C(C)N(Cc2ccncc2)C1=C. The van der Waals surface area contributed by atoms with E-state index in [1.165, 1.54) is 12.1 Å². The van der Waals surface area contributed by atoms with Crippen molar-refractivity contribution in [3.05, 3.63) is 101 Å². The maximum Gasteiger partial charge on any atom is 0.132 e. The summed E-state index contributed by atoms with van der Waals surface area (Å²) in [5.41, 5.74) is 3.21. The lowest BCUT2D eigenvalue weighted by molar-refractivity contribution is 0.201. The lowest BCUT2D eigenvalue weighted by Gasteiger charge is -2.33. The highest BCUT2D eigenvalue weighted by Crippen LogP contribution is 2.29. The number of nitrogens with zero attached hydrogens (tertiary/aromatic N) is 2. The van der Waals surface area contributed by atoms with E-state index in [1.54, 1.807) is 18.5 Å². The van der Waals surface area contributed by atoms with Gasteiger partial charge in [-0.25, -0.2) is 8.78 Å². The van der Waals surface area contributed by atoms with Crippen LogP contribution in [0.1, 0.15) is 18.1 Å². The van der Waals surface area contributed by atoms with E-state index in [4.69, 9.17) is 12.6 Å². The fraction of sp³-hybridized carbons (Fsp3) is 0.150. The molecular weight excluding hydrogens is 333 g/mol. The molecule has 1 aromatic carbocycles. The smallest absolute Gasteiger partial charge is 0.132 e. The van der Waals surface area contributed by atoms with Gasteiger partial charge in [0.05, 0.1) is 0 Å². The van der Waals surface area contributed by atoms with Gasteiger partial charge in [-0.3, -0.25) is 4.98 Å². The molecule has 6 heteroatoms. The van der Waals surface area contributed by atoms with Crippen LogP contribution in [0, 0.1) is 11.6 Å². The molecule has 26 heavy (non-hydrogen) atoms. The van der Waals surface area contributed by atoms with E-state index in [9.17, 15) is 8.78 Å². The highest BCUT2D eigenvalue weighted by Gasteiger charge is 2.20. The third-order valence-electron chi connectivity index (χ3n) is 4.16. The lowest BCUT2D eigenvalue weighted by Crippen LogP contribution is -2.25. The largest absolute Gasteiger partial charge is 0.489 e. The molecule has 2 radical (unpaired) electrons. The summed E-state index contributed by atoms with van der Waals surface area (Å²) in [7, 11) is 6.16. The second-order valence-corrected chi connectivity index (χ2v) is 5.98. The van der Waals surface area contributed by atoms with Crippen molar-refractivity contribution in [2.75, 3.05) is 0 Å². The molecule has 0 saturated heterocycles. The Hall–Kier alpha value is -2.89. The van der Waals surface area contributed by atoms with Gasteiger partial charge < -0.3 is 9.64 Å². The molecule has 0 unspecified atom stereocenters. The molecule has 2 aromatic rings. The number of hydrogen-bond acceptors (Lipinski definition) is 3. The molecule has 0 saturated carbocycles. The van der Waals surface area contributed by atoms with E-state index in [-0.39, 0.29) is 12.2 Å². The molecule has 3 rings (SSSR count). The van der Waals surface area contributed by atoms with Crippen molar-refractivity contribution >= 4 is 7.85 Å². The summed E-state index contributed by atoms with van der Waals surface area (Å²) < 4.78 is 32.4. The topological polar surface area (TPSA) is 25.4 Å². The highest BCUT2D eigenvalue weighted by atomic mass is 19.1. The minimum absolute atomic E-state index is 0.0520. The third kappa shape index (κ3) is 3.85. The van der Waals surface area contributed by atoms with Crippen molar-refractivity contribution in [3.8, 4) is 0 Å². The van der Waals surface area contributed by atoms with Crippen molar-refractivity contribution in [3.63, 3.8) is 0 Å². The molecule has 1 aromatic heterocycles. The van der Waals surface area contributed by atoms with Crippen LogP contribution in [0.4, 0.5) is 8.78 Å². The number of aromatic nitrogens is 1. The molecule has 0 bridgehead atoms. The van der Waals surface area contributed by atoms with Gasteiger partial charge in [-0.15, -0.1) is 0 Å². The number of ether oxygens (including phenoxy) is 1. The molecule has 1 aliphatic rings. The molecule has 0 fully saturated rings. The average molecular weight is 350 g/mol. The Balaban J connectivity index is 1.74. The summed E-state index contributed by atoms with van der Waals surface area (Å²) in [6.07, 6.45) is 5.24. The normalized spacial score (nSPS) is 14.5. The maximum absolute atomic E-state index is 13.7. The number of pyridine rings is 1. The first kappa shape index (κ1) is 17.9. The van der Waals surface area contributed by atoms with Gasteiger partial charge in [0.1, 0.15) is 31.8 Å². The van der Waals surface area contributed by atoms with Crippen LogP contribution in [0.5, 0.6) is 0 Å². The number of hydrogen-bond donors (Lipinski definition) is 0. The minimum Gasteiger partial charge on any atom is -0.489 e. The first-order chi connectivity index (χ1) is 12.5. The fourth-order valence-electron chi connectivity index (χ4n) is 2.65. The lowest BCUT2D eigenvalue weighted by atomic mass is 9.88. The standard InChI is InChI=1S/C20H17BF2N2O/c1-13-9-19(26-12-16-3-4-17(22)10-18(16)23)20(21)14(2)25(13)11-15-5-7-24-8-6-15/h3-10H,2,11-12H2,1H3. The molecule has 2 heterocycles. The van der Waals surface area contributed by atoms with Crippen LogP contribution in [0.25, 0.3) is 0 Å². The second-order valence-electron chi connectivity index (χ2n) is 5.98. The maximum atomic E-state index is 13.7. The van der Waals surface area contributed by atoms with Crippen molar-refractivity contribution in [2.24, 2.45) is 0 Å². The average Bonchev–Trinajstić information content (AvgIpc) is 2.63. The number of rotatable bonds is 5. The van der Waals surface area contributed by atoms with Gasteiger partial charge in [0.2, 0.25) is 0 Å². The van der Waals surface area contributed by atoms with E-state index in [2.05, 4.69) is 11.6 Å². The third-order valence-corrected chi connectivity index (χ3v) is 4.16. The minimum atomic E-state index is -0.654. The molecule has 0 N–H and O–H groups in total. The summed E-state index contributed by atoms with van der Waals surface area (Å²) >= 11 is 0. The van der Waals surface area contributed by atoms with Crippen LogP contribution in [0.2, 0.25) is 0 Å². The molecule has 0 aliphatic carbocycles. The second kappa shape index (κ2) is 7.56. The van der Waals surface area contributed by atoms with Crippen molar-refractivity contribution in [2.45, 2.75) is 20.1 Å². The number of allylic oxidation sites excluding steroid dienone is 3. The van der Waals surface area contributed by atoms with Gasteiger partial charge in [0, 0.05) is 42.0 Å². The quantitative estimate of drug-likeness (QED) is 0.756. The zero-order chi connectivity index (χ0) is 18.7. The molecular formula is C20H17BF2N2O. The Morgan fingerprint density at radius 2 is 1.92 bits per heavy atom. The molecule has 1 aliphatic heterocycles. The van der Waals surface area contributed by atoms with E-state index >= 15 is 0 Å². The summed E-state index contributed by atoms with van der Waals surface area (Å²) in [6.45, 7) is 6.51. The van der Waals surface area contributed by atoms with E-state index in [0.29, 0.717) is 23.5 Å². The predicted molar refractivity (Wildman–Crippen MR) is 96.6 cm³/mol. The van der Waals surface area contributed by atoms with Crippen LogP contribution in [0.15, 0.2) is 78.0 Å². The van der Waals surface area contributed by atoms with Gasteiger partial charge in [-0.2, -0.15) is 0 Å². The monoisotopic (exact) mass is 350 g/mol. The van der Waals surface area contributed by atoms with Crippen molar-refractivity contribution < 1.29 is 13.5 Å². The summed E-state index contributed by atoms with van der Waals surface area (Å²) in [5, 5.41) is 0. The van der Waals surface area contributed by atoms with E-state index in [0.717, 1.165) is 17.3 Å². The van der Waals surface area contributed by atoms with E-state index in [1.807, 2.05) is 24.0 Å². The predicted octanol–water partition coefficient (Wildman–Crippen LogP) is 4.19. The Labute approximate surface area is 152 Å². The van der Waals surface area contributed by atoms with Gasteiger partial charge in [0.15, 0.2) is 0 Å². The zero-order valence-corrected chi connectivity index (χ0v) is 14.4. The van der Waals surface area contributed by atoms with Gasteiger partial charge in [-0.1, -0.05) is 6.58 Å². The van der Waals surface area contributed by atoms with Crippen molar-refractivity contribution in [1.82, 2.24) is 9.88 Å². The summed E-state index contributed by atoms with van der Waals surface area (Å²) in [6, 6.07) is 7.21. The van der Waals surface area contributed by atoms with Gasteiger partial charge >= 0.3 is 0 Å². The van der Waals surface area contributed by atoms with Gasteiger partial charge in [0.25, 0.3) is 0 Å². The zero-order valence-electron chi connectivity index (χ0n) is 14.4. The van der Waals surface area contributed by atoms with Gasteiger partial charge in [-0.05, 0) is 48.3 Å². The van der Waals surface area contributed by atoms with E-state index < -0.39 is 11.6 Å². The Morgan fingerprint density at radius 1 is 1.19 bits per heavy atom. The first-order valence-corrected chi connectivity index (χ1v) is 8.06. The van der Waals surface area contributed by atoms with Crippen LogP contribution >= 0.6 is 0 Å². The highest BCUT2D eigenvalue weighted by molar-refractivity contribution is 6.24. The van der Waals surface area contributed by atoms with Crippen LogP contribution < -0.4 is 0 Å². The number of benzene rings is 1. The molecule has 3 nitrogen and oxygen atoms in total. The Kier molecular flexibility index (Phi) is 5.21. The Morgan fingerprint density at radius 3 is 2.62 bits per heavy atom. The summed E-state index contributed by atoms with van der Waals surface area (Å²) in [5.74, 6) is -0.862.